The molecule has 0 amide bonds. The zero-order valence-electron chi connectivity index (χ0n) is 15.7. The van der Waals surface area contributed by atoms with Crippen LogP contribution in [0.15, 0.2) is 42.7 Å². The first kappa shape index (κ1) is 17.5. The quantitative estimate of drug-likeness (QED) is 0.522. The van der Waals surface area contributed by atoms with E-state index in [1.54, 1.807) is 0 Å². The van der Waals surface area contributed by atoms with Crippen LogP contribution in [-0.2, 0) is 6.54 Å². The van der Waals surface area contributed by atoms with E-state index >= 15 is 0 Å². The normalized spacial score (nSPS) is 11.4. The van der Waals surface area contributed by atoms with Gasteiger partial charge in [0.05, 0.1) is 24.0 Å². The molecule has 0 saturated carbocycles. The van der Waals surface area contributed by atoms with E-state index in [-0.39, 0.29) is 0 Å². The molecule has 3 rings (SSSR count). The summed E-state index contributed by atoms with van der Waals surface area (Å²) in [6.07, 6.45) is 4.08. The SMILES string of the molecule is Cc1cc2ncn(CCCCOc3ccc(C(C)C)cc3)c2cc1C. The highest BCUT2D eigenvalue weighted by Gasteiger charge is 2.05. The highest BCUT2D eigenvalue weighted by atomic mass is 16.5. The van der Waals surface area contributed by atoms with Gasteiger partial charge in [0.1, 0.15) is 5.75 Å². The van der Waals surface area contributed by atoms with Gasteiger partial charge in [-0.25, -0.2) is 4.98 Å². The molecule has 2 aromatic carbocycles. The molecule has 0 unspecified atom stereocenters. The minimum Gasteiger partial charge on any atom is -0.494 e. The van der Waals surface area contributed by atoms with Crippen molar-refractivity contribution in [1.82, 2.24) is 9.55 Å². The van der Waals surface area contributed by atoms with Crippen molar-refractivity contribution in [1.29, 1.82) is 0 Å². The van der Waals surface area contributed by atoms with E-state index in [4.69, 9.17) is 4.74 Å². The molecule has 0 bridgehead atoms. The number of ether oxygens (including phenoxy) is 1. The molecule has 0 fully saturated rings. The Morgan fingerprint density at radius 2 is 1.72 bits per heavy atom. The number of imidazole rings is 1. The standard InChI is InChI=1S/C22H28N2O/c1-16(2)19-7-9-20(10-8-19)25-12-6-5-11-24-15-23-21-13-17(3)18(4)14-22(21)24/h7-10,13-16H,5-6,11-12H2,1-4H3. The Kier molecular flexibility index (Phi) is 5.42. The summed E-state index contributed by atoms with van der Waals surface area (Å²) >= 11 is 0. The van der Waals surface area contributed by atoms with Gasteiger partial charge in [0.15, 0.2) is 0 Å². The van der Waals surface area contributed by atoms with E-state index in [9.17, 15) is 0 Å². The molecule has 0 saturated heterocycles. The first-order chi connectivity index (χ1) is 12.0. The van der Waals surface area contributed by atoms with Gasteiger partial charge in [-0.3, -0.25) is 0 Å². The lowest BCUT2D eigenvalue weighted by molar-refractivity contribution is 0.303. The van der Waals surface area contributed by atoms with Gasteiger partial charge in [-0.1, -0.05) is 26.0 Å². The average Bonchev–Trinajstić information content (AvgIpc) is 2.97. The van der Waals surface area contributed by atoms with Crippen LogP contribution in [0.1, 0.15) is 49.3 Å². The Bertz CT molecular complexity index is 831. The number of hydrogen-bond acceptors (Lipinski definition) is 2. The minimum atomic E-state index is 0.562. The largest absolute Gasteiger partial charge is 0.494 e. The van der Waals surface area contributed by atoms with Crippen LogP contribution in [0.4, 0.5) is 0 Å². The fourth-order valence-electron chi connectivity index (χ4n) is 3.01. The third-order valence-electron chi connectivity index (χ3n) is 4.85. The number of benzene rings is 2. The van der Waals surface area contributed by atoms with Crippen molar-refractivity contribution in [3.8, 4) is 5.75 Å². The van der Waals surface area contributed by atoms with Crippen molar-refractivity contribution >= 4 is 11.0 Å². The van der Waals surface area contributed by atoms with Gasteiger partial charge in [-0.2, -0.15) is 0 Å². The molecular weight excluding hydrogens is 308 g/mol. The summed E-state index contributed by atoms with van der Waals surface area (Å²) in [6.45, 7) is 10.4. The summed E-state index contributed by atoms with van der Waals surface area (Å²) in [7, 11) is 0. The summed E-state index contributed by atoms with van der Waals surface area (Å²) in [5.41, 5.74) is 6.29. The molecule has 0 spiro atoms. The number of hydrogen-bond donors (Lipinski definition) is 0. The molecule has 3 nitrogen and oxygen atoms in total. The van der Waals surface area contributed by atoms with Crippen LogP contribution in [0.2, 0.25) is 0 Å². The Labute approximate surface area is 150 Å². The van der Waals surface area contributed by atoms with Gasteiger partial charge >= 0.3 is 0 Å². The van der Waals surface area contributed by atoms with Gasteiger partial charge in [0.25, 0.3) is 0 Å². The average molecular weight is 336 g/mol. The number of rotatable bonds is 7. The van der Waals surface area contributed by atoms with Gasteiger partial charge in [-0.05, 0) is 73.6 Å². The van der Waals surface area contributed by atoms with E-state index in [0.29, 0.717) is 5.92 Å². The zero-order valence-corrected chi connectivity index (χ0v) is 15.7. The summed E-state index contributed by atoms with van der Waals surface area (Å²) in [4.78, 5) is 4.52. The Balaban J connectivity index is 1.48. The smallest absolute Gasteiger partial charge is 0.119 e. The van der Waals surface area contributed by atoms with Crippen LogP contribution in [0.3, 0.4) is 0 Å². The fourth-order valence-corrected chi connectivity index (χ4v) is 3.01. The number of aryl methyl sites for hydroxylation is 3. The summed E-state index contributed by atoms with van der Waals surface area (Å²) in [5, 5.41) is 0. The predicted octanol–water partition coefficient (Wildman–Crippen LogP) is 5.64. The van der Waals surface area contributed by atoms with E-state index in [2.05, 4.69) is 73.6 Å². The molecule has 0 aliphatic heterocycles. The van der Waals surface area contributed by atoms with Crippen LogP contribution in [-0.4, -0.2) is 16.2 Å². The highest BCUT2D eigenvalue weighted by molar-refractivity contribution is 5.77. The van der Waals surface area contributed by atoms with Crippen LogP contribution in [0, 0.1) is 13.8 Å². The van der Waals surface area contributed by atoms with Crippen LogP contribution in [0.25, 0.3) is 11.0 Å². The highest BCUT2D eigenvalue weighted by Crippen LogP contribution is 2.20. The van der Waals surface area contributed by atoms with E-state index in [0.717, 1.165) is 37.3 Å². The van der Waals surface area contributed by atoms with Crippen LogP contribution in [0.5, 0.6) is 5.75 Å². The van der Waals surface area contributed by atoms with Crippen molar-refractivity contribution in [2.75, 3.05) is 6.61 Å². The second kappa shape index (κ2) is 7.73. The van der Waals surface area contributed by atoms with E-state index in [1.807, 2.05) is 6.33 Å². The lowest BCUT2D eigenvalue weighted by Gasteiger charge is -2.09. The number of aromatic nitrogens is 2. The van der Waals surface area contributed by atoms with Crippen molar-refractivity contribution in [2.24, 2.45) is 0 Å². The monoisotopic (exact) mass is 336 g/mol. The Hall–Kier alpha value is -2.29. The maximum atomic E-state index is 5.86. The molecule has 0 N–H and O–H groups in total. The molecule has 0 atom stereocenters. The molecule has 3 heteroatoms. The molecule has 0 radical (unpaired) electrons. The number of fused-ring (bicyclic) bond motifs is 1. The van der Waals surface area contributed by atoms with Crippen LogP contribution < -0.4 is 4.74 Å². The summed E-state index contributed by atoms with van der Waals surface area (Å²) in [5.74, 6) is 1.52. The molecule has 3 aromatic rings. The van der Waals surface area contributed by atoms with E-state index < -0.39 is 0 Å². The third-order valence-corrected chi connectivity index (χ3v) is 4.85. The Morgan fingerprint density at radius 3 is 2.44 bits per heavy atom. The third kappa shape index (κ3) is 4.22. The second-order valence-corrected chi connectivity index (χ2v) is 7.14. The maximum absolute atomic E-state index is 5.86. The molecule has 0 aliphatic carbocycles. The van der Waals surface area contributed by atoms with Gasteiger partial charge < -0.3 is 9.30 Å². The van der Waals surface area contributed by atoms with Gasteiger partial charge in [-0.15, -0.1) is 0 Å². The lowest BCUT2D eigenvalue weighted by atomic mass is 10.0. The van der Waals surface area contributed by atoms with Crippen molar-refractivity contribution in [2.45, 2.75) is 53.0 Å². The zero-order chi connectivity index (χ0) is 17.8. The van der Waals surface area contributed by atoms with Crippen molar-refractivity contribution in [3.05, 3.63) is 59.4 Å². The first-order valence-electron chi connectivity index (χ1n) is 9.19. The van der Waals surface area contributed by atoms with Crippen LogP contribution >= 0.6 is 0 Å². The predicted molar refractivity (Wildman–Crippen MR) is 104 cm³/mol. The molecule has 25 heavy (non-hydrogen) atoms. The maximum Gasteiger partial charge on any atom is 0.119 e. The molecule has 132 valence electrons. The minimum absolute atomic E-state index is 0.562. The topological polar surface area (TPSA) is 27.1 Å². The Morgan fingerprint density at radius 1 is 1.00 bits per heavy atom. The van der Waals surface area contributed by atoms with E-state index in [1.165, 1.54) is 22.2 Å². The van der Waals surface area contributed by atoms with Crippen molar-refractivity contribution in [3.63, 3.8) is 0 Å². The molecular formula is C22H28N2O. The molecule has 1 heterocycles. The van der Waals surface area contributed by atoms with Crippen molar-refractivity contribution < 1.29 is 4.74 Å². The number of nitrogens with zero attached hydrogens (tertiary/aromatic N) is 2. The second-order valence-electron chi connectivity index (χ2n) is 7.14. The fraction of sp³-hybridized carbons (Fsp3) is 0.409. The van der Waals surface area contributed by atoms with Gasteiger partial charge in [0, 0.05) is 6.54 Å². The summed E-state index contributed by atoms with van der Waals surface area (Å²) < 4.78 is 8.11. The summed E-state index contributed by atoms with van der Waals surface area (Å²) in [6, 6.07) is 12.9. The number of unbranched alkanes of at least 4 members (excludes halogenated alkanes) is 1. The van der Waals surface area contributed by atoms with Gasteiger partial charge in [0.2, 0.25) is 0 Å². The molecule has 1 aromatic heterocycles. The lowest BCUT2D eigenvalue weighted by Crippen LogP contribution is -2.02. The molecule has 0 aliphatic rings. The first-order valence-corrected chi connectivity index (χ1v) is 9.19.